The monoisotopic (exact) mass is 405 g/mol. The predicted molar refractivity (Wildman–Crippen MR) is 113 cm³/mol. The highest BCUT2D eigenvalue weighted by Crippen LogP contribution is 2.34. The van der Waals surface area contributed by atoms with Gasteiger partial charge >= 0.3 is 0 Å². The Labute approximate surface area is 173 Å². The number of para-hydroxylation sites is 1. The molecule has 4 aromatic rings. The van der Waals surface area contributed by atoms with Crippen molar-refractivity contribution in [3.05, 3.63) is 47.1 Å². The van der Waals surface area contributed by atoms with Gasteiger partial charge in [-0.1, -0.05) is 17.3 Å². The van der Waals surface area contributed by atoms with Gasteiger partial charge in [0.2, 0.25) is 5.82 Å². The number of furan rings is 1. The van der Waals surface area contributed by atoms with Gasteiger partial charge in [0.25, 0.3) is 5.91 Å². The van der Waals surface area contributed by atoms with Crippen molar-refractivity contribution < 1.29 is 13.7 Å². The van der Waals surface area contributed by atoms with Crippen molar-refractivity contribution in [1.82, 2.24) is 20.4 Å². The minimum Gasteiger partial charge on any atom is -0.450 e. The summed E-state index contributed by atoms with van der Waals surface area (Å²) >= 11 is 0. The average Bonchev–Trinajstić information content (AvgIpc) is 3.48. The Morgan fingerprint density at radius 1 is 1.17 bits per heavy atom. The maximum atomic E-state index is 12.9. The molecule has 0 bridgehead atoms. The van der Waals surface area contributed by atoms with Crippen molar-refractivity contribution in [3.63, 3.8) is 0 Å². The quantitative estimate of drug-likeness (QED) is 0.542. The largest absolute Gasteiger partial charge is 0.450 e. The Morgan fingerprint density at radius 3 is 2.73 bits per heavy atom. The van der Waals surface area contributed by atoms with E-state index in [9.17, 15) is 4.79 Å². The Kier molecular flexibility index (Phi) is 4.61. The van der Waals surface area contributed by atoms with E-state index in [1.54, 1.807) is 0 Å². The van der Waals surface area contributed by atoms with Crippen LogP contribution < -0.4 is 10.2 Å². The third-order valence-electron chi connectivity index (χ3n) is 5.65. The van der Waals surface area contributed by atoms with Gasteiger partial charge in [-0.25, -0.2) is 9.97 Å². The van der Waals surface area contributed by atoms with Crippen LogP contribution in [0.1, 0.15) is 40.5 Å². The van der Waals surface area contributed by atoms with Crippen LogP contribution in [0.3, 0.4) is 0 Å². The first-order chi connectivity index (χ1) is 14.6. The lowest BCUT2D eigenvalue weighted by molar-refractivity contribution is 0.0944. The second kappa shape index (κ2) is 7.44. The highest BCUT2D eigenvalue weighted by Gasteiger charge is 2.24. The van der Waals surface area contributed by atoms with E-state index in [2.05, 4.69) is 25.3 Å². The van der Waals surface area contributed by atoms with Crippen molar-refractivity contribution in [1.29, 1.82) is 0 Å². The first kappa shape index (κ1) is 18.6. The van der Waals surface area contributed by atoms with Gasteiger partial charge in [-0.3, -0.25) is 4.79 Å². The maximum Gasteiger partial charge on any atom is 0.289 e. The summed E-state index contributed by atoms with van der Waals surface area (Å²) in [4.78, 5) is 24.2. The van der Waals surface area contributed by atoms with E-state index >= 15 is 0 Å². The van der Waals surface area contributed by atoms with Crippen molar-refractivity contribution >= 4 is 33.8 Å². The predicted octanol–water partition coefficient (Wildman–Crippen LogP) is 3.55. The molecule has 1 amide bonds. The number of hydrogen-bond acceptors (Lipinski definition) is 7. The molecule has 8 nitrogen and oxygen atoms in total. The molecule has 5 rings (SSSR count). The van der Waals surface area contributed by atoms with Gasteiger partial charge in [0.1, 0.15) is 16.9 Å². The fourth-order valence-corrected chi connectivity index (χ4v) is 4.06. The summed E-state index contributed by atoms with van der Waals surface area (Å²) < 4.78 is 11.3. The fourth-order valence-electron chi connectivity index (χ4n) is 4.06. The molecule has 1 aromatic carbocycles. The summed E-state index contributed by atoms with van der Waals surface area (Å²) in [6.07, 6.45) is 2.85. The van der Waals surface area contributed by atoms with Crippen LogP contribution in [0.4, 0.5) is 5.82 Å². The molecule has 0 aliphatic carbocycles. The maximum absolute atomic E-state index is 12.9. The number of nitrogens with one attached hydrogen (secondary N) is 1. The van der Waals surface area contributed by atoms with Gasteiger partial charge in [0.15, 0.2) is 11.4 Å². The summed E-state index contributed by atoms with van der Waals surface area (Å²) in [5.74, 6) is 1.34. The lowest BCUT2D eigenvalue weighted by Gasteiger charge is -2.17. The van der Waals surface area contributed by atoms with Crippen molar-refractivity contribution in [3.8, 4) is 0 Å². The van der Waals surface area contributed by atoms with Gasteiger partial charge in [-0.2, -0.15) is 0 Å². The number of benzene rings is 1. The molecule has 1 N–H and O–H groups in total. The molecule has 30 heavy (non-hydrogen) atoms. The van der Waals surface area contributed by atoms with Crippen LogP contribution in [0, 0.1) is 13.8 Å². The number of anilines is 1. The van der Waals surface area contributed by atoms with Gasteiger partial charge < -0.3 is 19.2 Å². The number of hydrogen-bond donors (Lipinski definition) is 1. The van der Waals surface area contributed by atoms with E-state index < -0.39 is 0 Å². The first-order valence-corrected chi connectivity index (χ1v) is 10.3. The Bertz CT molecular complexity index is 1220. The second-order valence-corrected chi connectivity index (χ2v) is 7.65. The van der Waals surface area contributed by atoms with Crippen LogP contribution in [0.2, 0.25) is 0 Å². The Hall–Kier alpha value is -3.42. The summed E-state index contributed by atoms with van der Waals surface area (Å²) in [5.41, 5.74) is 3.94. The van der Waals surface area contributed by atoms with E-state index in [0.717, 1.165) is 53.9 Å². The molecular weight excluding hydrogens is 382 g/mol. The summed E-state index contributed by atoms with van der Waals surface area (Å²) in [7, 11) is 0. The fraction of sp³-hybridized carbons (Fsp3) is 0.364. The number of rotatable bonds is 5. The highest BCUT2D eigenvalue weighted by molar-refractivity contribution is 6.07. The second-order valence-electron chi connectivity index (χ2n) is 7.65. The molecule has 1 fully saturated rings. The van der Waals surface area contributed by atoms with E-state index in [-0.39, 0.29) is 11.7 Å². The molecule has 1 saturated heterocycles. The summed E-state index contributed by atoms with van der Waals surface area (Å²) in [6, 6.07) is 7.74. The van der Waals surface area contributed by atoms with Crippen LogP contribution in [0.15, 0.2) is 33.2 Å². The SMILES string of the molecule is Cc1noc(C)c1CCNC(=O)c1nc(N2CCCC2)c2oc3ccccc3c2n1. The zero-order valence-corrected chi connectivity index (χ0v) is 17.1. The van der Waals surface area contributed by atoms with Gasteiger partial charge in [-0.05, 0) is 45.2 Å². The molecule has 3 aromatic heterocycles. The molecule has 0 radical (unpaired) electrons. The summed E-state index contributed by atoms with van der Waals surface area (Å²) in [6.45, 7) is 6.03. The Balaban J connectivity index is 1.47. The molecule has 1 aliphatic rings. The zero-order chi connectivity index (χ0) is 20.7. The average molecular weight is 405 g/mol. The number of nitrogens with zero attached hydrogens (tertiary/aromatic N) is 4. The van der Waals surface area contributed by atoms with Crippen LogP contribution in [0.5, 0.6) is 0 Å². The van der Waals surface area contributed by atoms with E-state index in [1.165, 1.54) is 0 Å². The molecule has 154 valence electrons. The molecule has 4 heterocycles. The van der Waals surface area contributed by atoms with Crippen LogP contribution in [0.25, 0.3) is 22.1 Å². The summed E-state index contributed by atoms with van der Waals surface area (Å²) in [5, 5.41) is 7.78. The highest BCUT2D eigenvalue weighted by atomic mass is 16.5. The molecule has 1 aliphatic heterocycles. The van der Waals surface area contributed by atoms with Crippen molar-refractivity contribution in [2.24, 2.45) is 0 Å². The zero-order valence-electron chi connectivity index (χ0n) is 17.1. The molecule has 0 spiro atoms. The lowest BCUT2D eigenvalue weighted by atomic mass is 10.1. The number of amides is 1. The smallest absolute Gasteiger partial charge is 0.289 e. The Morgan fingerprint density at radius 2 is 1.97 bits per heavy atom. The molecule has 0 saturated carbocycles. The number of carbonyl (C=O) groups is 1. The number of aryl methyl sites for hydroxylation is 2. The van der Waals surface area contributed by atoms with Crippen LogP contribution >= 0.6 is 0 Å². The lowest BCUT2D eigenvalue weighted by Crippen LogP contribution is -2.29. The van der Waals surface area contributed by atoms with Crippen LogP contribution in [-0.2, 0) is 6.42 Å². The topological polar surface area (TPSA) is 97.3 Å². The van der Waals surface area contributed by atoms with E-state index in [1.807, 2.05) is 38.1 Å². The molecule has 0 atom stereocenters. The molecule has 8 heteroatoms. The van der Waals surface area contributed by atoms with E-state index in [4.69, 9.17) is 8.94 Å². The van der Waals surface area contributed by atoms with Gasteiger partial charge in [0.05, 0.1) is 5.69 Å². The van der Waals surface area contributed by atoms with Crippen molar-refractivity contribution in [2.75, 3.05) is 24.5 Å². The first-order valence-electron chi connectivity index (χ1n) is 10.3. The third-order valence-corrected chi connectivity index (χ3v) is 5.65. The van der Waals surface area contributed by atoms with Gasteiger partial charge in [0, 0.05) is 30.6 Å². The molecular formula is C22H23N5O3. The third kappa shape index (κ3) is 3.18. The van der Waals surface area contributed by atoms with Crippen LogP contribution in [-0.4, -0.2) is 40.7 Å². The molecule has 0 unspecified atom stereocenters. The normalized spacial score (nSPS) is 14.1. The minimum absolute atomic E-state index is 0.162. The number of carbonyl (C=O) groups excluding carboxylic acids is 1. The minimum atomic E-state index is -0.297. The number of aromatic nitrogens is 3. The van der Waals surface area contributed by atoms with Gasteiger partial charge in [-0.15, -0.1) is 0 Å². The number of fused-ring (bicyclic) bond motifs is 3. The standard InChI is InChI=1S/C22H23N5O3/c1-13-15(14(2)30-26-13)9-10-23-22(28)20-24-18-16-7-3-4-8-17(16)29-19(18)21(25-20)27-11-5-6-12-27/h3-4,7-8H,5-6,9-12H2,1-2H3,(H,23,28). The van der Waals surface area contributed by atoms with E-state index in [0.29, 0.717) is 29.9 Å². The van der Waals surface area contributed by atoms with Crippen molar-refractivity contribution in [2.45, 2.75) is 33.1 Å².